The smallest absolute Gasteiger partial charge is 0.227 e. The number of nitrogens with zero attached hydrogens (tertiary/aromatic N) is 1. The summed E-state index contributed by atoms with van der Waals surface area (Å²) in [4.78, 5) is 14.0. The number of hydrogen-bond acceptors (Lipinski definition) is 2. The average Bonchev–Trinajstić information content (AvgIpc) is 2.15. The molecule has 1 saturated heterocycles. The Morgan fingerprint density at radius 3 is 2.53 bits per heavy atom. The molecule has 0 aromatic carbocycles. The third-order valence-corrected chi connectivity index (χ3v) is 2.87. The van der Waals surface area contributed by atoms with Gasteiger partial charge in [-0.1, -0.05) is 27.4 Å². The van der Waals surface area contributed by atoms with Crippen LogP contribution in [0.5, 0.6) is 0 Å². The number of likely N-dealkylation sites (tertiary alicyclic amines) is 1. The molecule has 3 heteroatoms. The normalized spacial score (nSPS) is 22.6. The van der Waals surface area contributed by atoms with Crippen LogP contribution in [0.3, 0.4) is 0 Å². The van der Waals surface area contributed by atoms with Gasteiger partial charge in [-0.2, -0.15) is 0 Å². The van der Waals surface area contributed by atoms with Gasteiger partial charge in [-0.3, -0.25) is 4.79 Å². The van der Waals surface area contributed by atoms with Crippen LogP contribution < -0.4 is 5.73 Å². The highest BCUT2D eigenvalue weighted by Gasteiger charge is 2.31. The fourth-order valence-corrected chi connectivity index (χ4v) is 1.94. The third-order valence-electron chi connectivity index (χ3n) is 2.87. The van der Waals surface area contributed by atoms with Crippen LogP contribution in [0.2, 0.25) is 0 Å². The number of nitrogens with two attached hydrogens (primary N) is 1. The topological polar surface area (TPSA) is 46.3 Å². The molecule has 1 unspecified atom stereocenters. The summed E-state index contributed by atoms with van der Waals surface area (Å²) in [6.07, 6.45) is 2.09. The lowest BCUT2D eigenvalue weighted by atomic mass is 9.90. The van der Waals surface area contributed by atoms with Crippen molar-refractivity contribution in [3.63, 3.8) is 0 Å². The summed E-state index contributed by atoms with van der Waals surface area (Å²) in [6.45, 7) is 11.2. The van der Waals surface area contributed by atoms with Crippen molar-refractivity contribution >= 4 is 5.91 Å². The summed E-state index contributed by atoms with van der Waals surface area (Å²) in [5.41, 5.74) is 6.12. The van der Waals surface area contributed by atoms with Gasteiger partial charge >= 0.3 is 0 Å². The van der Waals surface area contributed by atoms with Gasteiger partial charge in [-0.05, 0) is 12.8 Å². The molecule has 0 bridgehead atoms. The van der Waals surface area contributed by atoms with Gasteiger partial charge in [0.2, 0.25) is 5.91 Å². The molecule has 15 heavy (non-hydrogen) atoms. The summed E-state index contributed by atoms with van der Waals surface area (Å²) >= 11 is 0. The summed E-state index contributed by atoms with van der Waals surface area (Å²) in [7, 11) is 0. The Bertz CT molecular complexity index is 265. The standard InChI is InChI=1S/C12H22N2O/c1-9(13)10-6-5-7-14(8-10)11(15)12(2,3)4/h10H,1,5-8,13H2,2-4H3. The minimum atomic E-state index is -0.294. The van der Waals surface area contributed by atoms with E-state index in [0.29, 0.717) is 5.70 Å². The second-order valence-electron chi connectivity index (χ2n) is 5.42. The number of carbonyl (C=O) groups is 1. The molecule has 2 N–H and O–H groups in total. The molecular formula is C12H22N2O. The van der Waals surface area contributed by atoms with Crippen LogP contribution in [0.4, 0.5) is 0 Å². The SMILES string of the molecule is C=C(N)C1CCCN(C(=O)C(C)(C)C)C1. The van der Waals surface area contributed by atoms with E-state index in [1.165, 1.54) is 0 Å². The van der Waals surface area contributed by atoms with Crippen LogP contribution in [0.25, 0.3) is 0 Å². The first-order valence-electron chi connectivity index (χ1n) is 5.56. The van der Waals surface area contributed by atoms with Crippen LogP contribution in [-0.4, -0.2) is 23.9 Å². The van der Waals surface area contributed by atoms with E-state index in [9.17, 15) is 4.79 Å². The summed E-state index contributed by atoms with van der Waals surface area (Å²) in [5.74, 6) is 0.499. The summed E-state index contributed by atoms with van der Waals surface area (Å²) < 4.78 is 0. The predicted molar refractivity (Wildman–Crippen MR) is 62.1 cm³/mol. The minimum absolute atomic E-state index is 0.216. The molecule has 1 rings (SSSR count). The van der Waals surface area contributed by atoms with Gasteiger partial charge < -0.3 is 10.6 Å². The van der Waals surface area contributed by atoms with Crippen molar-refractivity contribution in [3.05, 3.63) is 12.3 Å². The van der Waals surface area contributed by atoms with Gasteiger partial charge in [0.25, 0.3) is 0 Å². The molecule has 1 aliphatic heterocycles. The zero-order valence-corrected chi connectivity index (χ0v) is 10.0. The molecule has 3 nitrogen and oxygen atoms in total. The molecule has 0 aliphatic carbocycles. The number of piperidine rings is 1. The fraction of sp³-hybridized carbons (Fsp3) is 0.750. The van der Waals surface area contributed by atoms with Crippen LogP contribution >= 0.6 is 0 Å². The van der Waals surface area contributed by atoms with Crippen molar-refractivity contribution in [2.75, 3.05) is 13.1 Å². The number of hydrogen-bond donors (Lipinski definition) is 1. The molecule has 0 aromatic heterocycles. The lowest BCUT2D eigenvalue weighted by molar-refractivity contribution is -0.141. The van der Waals surface area contributed by atoms with E-state index in [1.807, 2.05) is 25.7 Å². The van der Waals surface area contributed by atoms with Crippen molar-refractivity contribution in [1.82, 2.24) is 4.90 Å². The maximum Gasteiger partial charge on any atom is 0.227 e. The Morgan fingerprint density at radius 1 is 1.47 bits per heavy atom. The summed E-state index contributed by atoms with van der Waals surface area (Å²) in [6, 6.07) is 0. The first kappa shape index (κ1) is 12.1. The van der Waals surface area contributed by atoms with Crippen LogP contribution in [-0.2, 0) is 4.79 Å². The highest BCUT2D eigenvalue weighted by atomic mass is 16.2. The van der Waals surface area contributed by atoms with E-state index in [4.69, 9.17) is 5.73 Å². The highest BCUT2D eigenvalue weighted by Crippen LogP contribution is 2.25. The van der Waals surface area contributed by atoms with Crippen molar-refractivity contribution < 1.29 is 4.79 Å². The highest BCUT2D eigenvalue weighted by molar-refractivity contribution is 5.81. The largest absolute Gasteiger partial charge is 0.402 e. The Kier molecular flexibility index (Phi) is 3.42. The first-order valence-corrected chi connectivity index (χ1v) is 5.56. The number of rotatable bonds is 1. The van der Waals surface area contributed by atoms with Crippen LogP contribution in [0.1, 0.15) is 33.6 Å². The lowest BCUT2D eigenvalue weighted by Gasteiger charge is -2.36. The monoisotopic (exact) mass is 210 g/mol. The van der Waals surface area contributed by atoms with Crippen molar-refractivity contribution in [1.29, 1.82) is 0 Å². The van der Waals surface area contributed by atoms with Gasteiger partial charge in [0, 0.05) is 30.1 Å². The zero-order valence-electron chi connectivity index (χ0n) is 10.0. The fourth-order valence-electron chi connectivity index (χ4n) is 1.94. The van der Waals surface area contributed by atoms with Crippen LogP contribution in [0.15, 0.2) is 12.3 Å². The molecule has 0 aromatic rings. The maximum absolute atomic E-state index is 12.0. The molecular weight excluding hydrogens is 188 g/mol. The number of carbonyl (C=O) groups excluding carboxylic acids is 1. The molecule has 86 valence electrons. The summed E-state index contributed by atoms with van der Waals surface area (Å²) in [5, 5.41) is 0. The second-order valence-corrected chi connectivity index (χ2v) is 5.42. The van der Waals surface area contributed by atoms with E-state index in [2.05, 4.69) is 6.58 Å². The quantitative estimate of drug-likeness (QED) is 0.716. The third kappa shape index (κ3) is 2.98. The van der Waals surface area contributed by atoms with Crippen LogP contribution in [0, 0.1) is 11.3 Å². The Hall–Kier alpha value is -0.990. The van der Waals surface area contributed by atoms with Gasteiger partial charge in [0.15, 0.2) is 0 Å². The van der Waals surface area contributed by atoms with Gasteiger partial charge in [0.1, 0.15) is 0 Å². The van der Waals surface area contributed by atoms with E-state index < -0.39 is 0 Å². The molecule has 1 atom stereocenters. The first-order chi connectivity index (χ1) is 6.82. The van der Waals surface area contributed by atoms with Gasteiger partial charge in [0.05, 0.1) is 0 Å². The van der Waals surface area contributed by atoms with E-state index in [1.54, 1.807) is 0 Å². The molecule has 1 fully saturated rings. The maximum atomic E-state index is 12.0. The molecule has 0 radical (unpaired) electrons. The lowest BCUT2D eigenvalue weighted by Crippen LogP contribution is -2.46. The van der Waals surface area contributed by atoms with E-state index in [-0.39, 0.29) is 17.2 Å². The Labute approximate surface area is 92.3 Å². The second kappa shape index (κ2) is 4.25. The Morgan fingerprint density at radius 2 is 2.07 bits per heavy atom. The minimum Gasteiger partial charge on any atom is -0.402 e. The molecule has 1 heterocycles. The molecule has 0 saturated carbocycles. The van der Waals surface area contributed by atoms with E-state index >= 15 is 0 Å². The zero-order chi connectivity index (χ0) is 11.6. The molecule has 1 aliphatic rings. The Balaban J connectivity index is 2.64. The molecule has 0 spiro atoms. The number of amides is 1. The van der Waals surface area contributed by atoms with Crippen molar-refractivity contribution in [2.24, 2.45) is 17.1 Å². The van der Waals surface area contributed by atoms with Gasteiger partial charge in [-0.25, -0.2) is 0 Å². The van der Waals surface area contributed by atoms with Gasteiger partial charge in [-0.15, -0.1) is 0 Å². The van der Waals surface area contributed by atoms with Crippen molar-refractivity contribution in [2.45, 2.75) is 33.6 Å². The molecule has 1 amide bonds. The van der Waals surface area contributed by atoms with E-state index in [0.717, 1.165) is 25.9 Å². The van der Waals surface area contributed by atoms with Crippen molar-refractivity contribution in [3.8, 4) is 0 Å². The predicted octanol–water partition coefficient (Wildman–Crippen LogP) is 1.74. The average molecular weight is 210 g/mol.